The molecule has 0 aliphatic carbocycles. The molecule has 1 heterocycles. The Morgan fingerprint density at radius 1 is 1.39 bits per heavy atom. The van der Waals surface area contributed by atoms with Gasteiger partial charge in [0, 0.05) is 30.0 Å². The van der Waals surface area contributed by atoms with Crippen molar-refractivity contribution in [1.29, 1.82) is 0 Å². The van der Waals surface area contributed by atoms with Crippen LogP contribution < -0.4 is 0 Å². The van der Waals surface area contributed by atoms with Crippen LogP contribution in [0.5, 0.6) is 0 Å². The third-order valence-electron chi connectivity index (χ3n) is 2.56. The minimum absolute atomic E-state index is 0.0830. The Labute approximate surface area is 115 Å². The lowest BCUT2D eigenvalue weighted by molar-refractivity contribution is 0.0994. The number of halogens is 1. The van der Waals surface area contributed by atoms with Crippen LogP contribution in [0.15, 0.2) is 41.8 Å². The Balaban J connectivity index is 2.09. The fourth-order valence-corrected chi connectivity index (χ4v) is 2.56. The molecule has 0 N–H and O–H groups in total. The molecule has 5 heteroatoms. The third-order valence-corrected chi connectivity index (χ3v) is 3.98. The van der Waals surface area contributed by atoms with E-state index in [9.17, 15) is 4.79 Å². The third kappa shape index (κ3) is 2.94. The molecule has 94 valence electrons. The topological polar surface area (TPSA) is 34.9 Å². The zero-order valence-corrected chi connectivity index (χ0v) is 11.7. The predicted molar refractivity (Wildman–Crippen MR) is 74.3 cm³/mol. The monoisotopic (exact) mass is 280 g/mol. The molecule has 1 atom stereocenters. The molecular weight excluding hydrogens is 268 g/mol. The Morgan fingerprint density at radius 2 is 2.06 bits per heavy atom. The van der Waals surface area contributed by atoms with Gasteiger partial charge in [-0.05, 0) is 31.2 Å². The fraction of sp³-hybridized carbons (Fsp3) is 0.231. The maximum atomic E-state index is 12.2. The number of hydrogen-bond acceptors (Lipinski definition) is 3. The SMILES string of the molecule is C[C@H](Sc1nccn1C)C(=O)c1ccc(Cl)cc1. The summed E-state index contributed by atoms with van der Waals surface area (Å²) in [5.41, 5.74) is 0.675. The molecule has 0 spiro atoms. The van der Waals surface area contributed by atoms with E-state index < -0.39 is 0 Å². The van der Waals surface area contributed by atoms with Crippen molar-refractivity contribution < 1.29 is 4.79 Å². The Bertz CT molecular complexity index is 550. The molecule has 0 saturated heterocycles. The van der Waals surface area contributed by atoms with Gasteiger partial charge < -0.3 is 4.57 Å². The molecule has 1 aromatic carbocycles. The fourth-order valence-electron chi connectivity index (χ4n) is 1.53. The number of Topliss-reactive ketones (excluding diaryl/α,β-unsaturated/α-hetero) is 1. The number of thioether (sulfide) groups is 1. The van der Waals surface area contributed by atoms with Crippen molar-refractivity contribution in [3.8, 4) is 0 Å². The molecule has 2 aromatic rings. The normalized spacial score (nSPS) is 12.4. The second-order valence-corrected chi connectivity index (χ2v) is 5.70. The highest BCUT2D eigenvalue weighted by atomic mass is 35.5. The van der Waals surface area contributed by atoms with Crippen molar-refractivity contribution in [2.24, 2.45) is 7.05 Å². The lowest BCUT2D eigenvalue weighted by atomic mass is 10.1. The summed E-state index contributed by atoms with van der Waals surface area (Å²) < 4.78 is 1.90. The van der Waals surface area contributed by atoms with Crippen LogP contribution in [0.1, 0.15) is 17.3 Å². The van der Waals surface area contributed by atoms with Gasteiger partial charge >= 0.3 is 0 Å². The van der Waals surface area contributed by atoms with Gasteiger partial charge in [-0.15, -0.1) is 0 Å². The molecule has 0 radical (unpaired) electrons. The van der Waals surface area contributed by atoms with Crippen molar-refractivity contribution in [2.75, 3.05) is 0 Å². The number of imidazole rings is 1. The molecule has 3 nitrogen and oxygen atoms in total. The van der Waals surface area contributed by atoms with Crippen LogP contribution in [0, 0.1) is 0 Å². The maximum Gasteiger partial charge on any atom is 0.175 e. The van der Waals surface area contributed by atoms with Crippen LogP contribution in [0.3, 0.4) is 0 Å². The molecule has 0 aliphatic heterocycles. The summed E-state index contributed by atoms with van der Waals surface area (Å²) in [5.74, 6) is 0.0830. The highest BCUT2D eigenvalue weighted by Gasteiger charge is 2.18. The van der Waals surface area contributed by atoms with Crippen LogP contribution in [0.4, 0.5) is 0 Å². The summed E-state index contributed by atoms with van der Waals surface area (Å²) in [4.78, 5) is 16.4. The van der Waals surface area contributed by atoms with Crippen LogP contribution in [-0.2, 0) is 7.05 Å². The molecular formula is C13H13ClN2OS. The first-order valence-corrected chi connectivity index (χ1v) is 6.77. The summed E-state index contributed by atoms with van der Waals surface area (Å²) in [6.45, 7) is 1.89. The predicted octanol–water partition coefficient (Wildman–Crippen LogP) is 3.44. The number of rotatable bonds is 4. The molecule has 0 unspecified atom stereocenters. The smallest absolute Gasteiger partial charge is 0.175 e. The molecule has 1 aromatic heterocycles. The number of benzene rings is 1. The standard InChI is InChI=1S/C13H13ClN2OS/c1-9(18-13-15-7-8-16(13)2)12(17)10-3-5-11(14)6-4-10/h3-9H,1-2H3/t9-/m0/s1. The zero-order chi connectivity index (χ0) is 13.1. The second-order valence-electron chi connectivity index (χ2n) is 3.95. The van der Waals surface area contributed by atoms with E-state index in [2.05, 4.69) is 4.98 Å². The van der Waals surface area contributed by atoms with Gasteiger partial charge in [0.1, 0.15) is 0 Å². The largest absolute Gasteiger partial charge is 0.329 e. The van der Waals surface area contributed by atoms with E-state index in [-0.39, 0.29) is 11.0 Å². The van der Waals surface area contributed by atoms with E-state index in [1.54, 1.807) is 30.5 Å². The lowest BCUT2D eigenvalue weighted by Crippen LogP contribution is -2.14. The summed E-state index contributed by atoms with van der Waals surface area (Å²) in [5, 5.41) is 1.30. The first-order chi connectivity index (χ1) is 8.58. The van der Waals surface area contributed by atoms with E-state index in [4.69, 9.17) is 11.6 Å². The number of ketones is 1. The van der Waals surface area contributed by atoms with Gasteiger partial charge in [-0.25, -0.2) is 4.98 Å². The van der Waals surface area contributed by atoms with Gasteiger partial charge in [0.15, 0.2) is 10.9 Å². The number of aromatic nitrogens is 2. The molecule has 0 fully saturated rings. The Hall–Kier alpha value is -1.26. The quantitative estimate of drug-likeness (QED) is 0.636. The molecule has 0 saturated carbocycles. The lowest BCUT2D eigenvalue weighted by Gasteiger charge is -2.09. The van der Waals surface area contributed by atoms with E-state index in [0.29, 0.717) is 10.6 Å². The second kappa shape index (κ2) is 5.59. The first kappa shape index (κ1) is 13.2. The number of aryl methyl sites for hydroxylation is 1. The Morgan fingerprint density at radius 3 is 2.61 bits per heavy atom. The van der Waals surface area contributed by atoms with Crippen molar-refractivity contribution in [3.63, 3.8) is 0 Å². The van der Waals surface area contributed by atoms with Crippen molar-refractivity contribution in [2.45, 2.75) is 17.3 Å². The summed E-state index contributed by atoms with van der Waals surface area (Å²) >= 11 is 7.26. The van der Waals surface area contributed by atoms with Gasteiger partial charge in [0.25, 0.3) is 0 Å². The average Bonchev–Trinajstić information content (AvgIpc) is 2.75. The Kier molecular flexibility index (Phi) is 4.09. The van der Waals surface area contributed by atoms with E-state index in [0.717, 1.165) is 5.16 Å². The molecule has 0 aliphatic rings. The van der Waals surface area contributed by atoms with Gasteiger partial charge in [-0.3, -0.25) is 4.79 Å². The molecule has 0 amide bonds. The summed E-state index contributed by atoms with van der Waals surface area (Å²) in [6.07, 6.45) is 3.59. The summed E-state index contributed by atoms with van der Waals surface area (Å²) in [7, 11) is 1.91. The molecule has 0 bridgehead atoms. The maximum absolute atomic E-state index is 12.2. The van der Waals surface area contributed by atoms with Crippen LogP contribution in [0.25, 0.3) is 0 Å². The number of carbonyl (C=O) groups is 1. The molecule has 18 heavy (non-hydrogen) atoms. The van der Waals surface area contributed by atoms with E-state index in [1.807, 2.05) is 24.7 Å². The van der Waals surface area contributed by atoms with Gasteiger partial charge in [-0.2, -0.15) is 0 Å². The zero-order valence-electron chi connectivity index (χ0n) is 10.1. The van der Waals surface area contributed by atoms with Crippen molar-refractivity contribution in [1.82, 2.24) is 9.55 Å². The van der Waals surface area contributed by atoms with E-state index in [1.165, 1.54) is 11.8 Å². The van der Waals surface area contributed by atoms with Gasteiger partial charge in [0.05, 0.1) is 5.25 Å². The van der Waals surface area contributed by atoms with Gasteiger partial charge in [0.2, 0.25) is 0 Å². The van der Waals surface area contributed by atoms with Crippen LogP contribution >= 0.6 is 23.4 Å². The minimum atomic E-state index is -0.174. The van der Waals surface area contributed by atoms with Crippen molar-refractivity contribution in [3.05, 3.63) is 47.2 Å². The highest BCUT2D eigenvalue weighted by molar-refractivity contribution is 8.00. The van der Waals surface area contributed by atoms with Crippen LogP contribution in [-0.4, -0.2) is 20.6 Å². The minimum Gasteiger partial charge on any atom is -0.329 e. The van der Waals surface area contributed by atoms with Crippen molar-refractivity contribution >= 4 is 29.1 Å². The van der Waals surface area contributed by atoms with Crippen LogP contribution in [0.2, 0.25) is 5.02 Å². The van der Waals surface area contributed by atoms with Gasteiger partial charge in [-0.1, -0.05) is 23.4 Å². The average molecular weight is 281 g/mol. The summed E-state index contributed by atoms with van der Waals surface area (Å²) in [6, 6.07) is 6.96. The number of hydrogen-bond donors (Lipinski definition) is 0. The van der Waals surface area contributed by atoms with E-state index >= 15 is 0 Å². The number of carbonyl (C=O) groups excluding carboxylic acids is 1. The first-order valence-electron chi connectivity index (χ1n) is 5.51. The highest BCUT2D eigenvalue weighted by Crippen LogP contribution is 2.24. The molecule has 2 rings (SSSR count). The number of nitrogens with zero attached hydrogens (tertiary/aromatic N) is 2.